The Morgan fingerprint density at radius 3 is 2.06 bits per heavy atom. The molecule has 0 aliphatic carbocycles. The van der Waals surface area contributed by atoms with Crippen molar-refractivity contribution >= 4 is 23.1 Å². The van der Waals surface area contributed by atoms with Crippen LogP contribution in [0.25, 0.3) is 0 Å². The summed E-state index contributed by atoms with van der Waals surface area (Å²) in [6, 6.07) is 14.1. The first-order chi connectivity index (χ1) is 15.1. The van der Waals surface area contributed by atoms with Crippen molar-refractivity contribution in [1.29, 1.82) is 0 Å². The van der Waals surface area contributed by atoms with Gasteiger partial charge < -0.3 is 14.7 Å². The highest BCUT2D eigenvalue weighted by atomic mass is 16.5. The first-order valence-corrected chi connectivity index (χ1v) is 10.9. The van der Waals surface area contributed by atoms with E-state index in [0.717, 1.165) is 24.3 Å². The van der Waals surface area contributed by atoms with Gasteiger partial charge in [-0.3, -0.25) is 14.5 Å². The molecule has 6 nitrogen and oxygen atoms in total. The van der Waals surface area contributed by atoms with Gasteiger partial charge >= 0.3 is 0 Å². The number of carbonyl (C=O) groups excluding carboxylic acids is 2. The highest BCUT2D eigenvalue weighted by molar-refractivity contribution is 6.17. The van der Waals surface area contributed by atoms with Gasteiger partial charge in [-0.05, 0) is 55.8 Å². The van der Waals surface area contributed by atoms with E-state index in [0.29, 0.717) is 11.4 Å². The van der Waals surface area contributed by atoms with Crippen LogP contribution in [0.2, 0.25) is 0 Å². The standard InChI is InChI=1S/C26H32N2O4/c1-7-27(8-2)18-11-13-19(14-12-18)28-22(17-9-15-20(32-6)16-10-17)21(23(29)25(28)31)24(30)26(3,4)5/h9-16,22,29H,7-8H2,1-6H3. The van der Waals surface area contributed by atoms with E-state index in [-0.39, 0.29) is 11.4 Å². The zero-order chi connectivity index (χ0) is 23.6. The number of Topliss-reactive ketones (excluding diaryl/α,β-unsaturated/α-hetero) is 1. The van der Waals surface area contributed by atoms with E-state index in [1.54, 1.807) is 40.0 Å². The summed E-state index contributed by atoms with van der Waals surface area (Å²) in [4.78, 5) is 30.2. The maximum absolute atomic E-state index is 13.3. The number of aliphatic hydroxyl groups is 1. The molecule has 6 heteroatoms. The summed E-state index contributed by atoms with van der Waals surface area (Å²) in [7, 11) is 1.58. The lowest BCUT2D eigenvalue weighted by atomic mass is 9.82. The van der Waals surface area contributed by atoms with Gasteiger partial charge in [-0.25, -0.2) is 0 Å². The maximum Gasteiger partial charge on any atom is 0.294 e. The Labute approximate surface area is 190 Å². The number of nitrogens with zero attached hydrogens (tertiary/aromatic N) is 2. The van der Waals surface area contributed by atoms with Crippen LogP contribution in [0, 0.1) is 5.41 Å². The Bertz CT molecular complexity index is 1010. The number of hydrogen-bond acceptors (Lipinski definition) is 5. The van der Waals surface area contributed by atoms with Crippen LogP contribution in [0.1, 0.15) is 46.2 Å². The molecule has 0 fully saturated rings. The van der Waals surface area contributed by atoms with Crippen LogP contribution in [0.5, 0.6) is 5.75 Å². The molecule has 0 radical (unpaired) electrons. The van der Waals surface area contributed by atoms with Gasteiger partial charge in [0.05, 0.1) is 18.7 Å². The smallest absolute Gasteiger partial charge is 0.294 e. The monoisotopic (exact) mass is 436 g/mol. The van der Waals surface area contributed by atoms with Crippen LogP contribution >= 0.6 is 0 Å². The van der Waals surface area contributed by atoms with Crippen molar-refractivity contribution in [2.45, 2.75) is 40.7 Å². The molecular weight excluding hydrogens is 404 g/mol. The fourth-order valence-corrected chi connectivity index (χ4v) is 4.02. The number of benzene rings is 2. The molecule has 1 unspecified atom stereocenters. The number of ether oxygens (including phenoxy) is 1. The van der Waals surface area contributed by atoms with Crippen molar-refractivity contribution in [2.24, 2.45) is 5.41 Å². The Morgan fingerprint density at radius 2 is 1.59 bits per heavy atom. The summed E-state index contributed by atoms with van der Waals surface area (Å²) >= 11 is 0. The van der Waals surface area contributed by atoms with Crippen LogP contribution in [0.15, 0.2) is 59.9 Å². The molecule has 3 rings (SSSR count). The van der Waals surface area contributed by atoms with Gasteiger partial charge in [0, 0.05) is 29.9 Å². The summed E-state index contributed by atoms with van der Waals surface area (Å²) in [6.45, 7) is 11.3. The molecule has 1 N–H and O–H groups in total. The van der Waals surface area contributed by atoms with Crippen molar-refractivity contribution in [1.82, 2.24) is 0 Å². The van der Waals surface area contributed by atoms with E-state index < -0.39 is 23.1 Å². The second kappa shape index (κ2) is 9.07. The number of aliphatic hydroxyl groups excluding tert-OH is 1. The second-order valence-corrected chi connectivity index (χ2v) is 8.88. The van der Waals surface area contributed by atoms with Crippen LogP contribution in [-0.4, -0.2) is 37.0 Å². The summed E-state index contributed by atoms with van der Waals surface area (Å²) in [5.41, 5.74) is 1.77. The molecule has 2 aromatic rings. The number of carbonyl (C=O) groups is 2. The lowest BCUT2D eigenvalue weighted by Gasteiger charge is -2.29. The van der Waals surface area contributed by atoms with E-state index in [1.807, 2.05) is 36.4 Å². The highest BCUT2D eigenvalue weighted by Gasteiger charge is 2.46. The second-order valence-electron chi connectivity index (χ2n) is 8.88. The van der Waals surface area contributed by atoms with Crippen LogP contribution < -0.4 is 14.5 Å². The zero-order valence-corrected chi connectivity index (χ0v) is 19.7. The summed E-state index contributed by atoms with van der Waals surface area (Å²) in [5.74, 6) is -0.649. The third kappa shape index (κ3) is 4.22. The topological polar surface area (TPSA) is 70.1 Å². The van der Waals surface area contributed by atoms with Gasteiger partial charge in [-0.2, -0.15) is 0 Å². The quantitative estimate of drug-likeness (QED) is 0.657. The predicted molar refractivity (Wildman–Crippen MR) is 127 cm³/mol. The number of methoxy groups -OCH3 is 1. The number of amides is 1. The van der Waals surface area contributed by atoms with E-state index in [4.69, 9.17) is 4.74 Å². The zero-order valence-electron chi connectivity index (χ0n) is 19.7. The Morgan fingerprint density at radius 1 is 1.03 bits per heavy atom. The fraction of sp³-hybridized carbons (Fsp3) is 0.385. The van der Waals surface area contributed by atoms with Gasteiger partial charge in [-0.15, -0.1) is 0 Å². The average Bonchev–Trinajstić information content (AvgIpc) is 3.04. The van der Waals surface area contributed by atoms with Gasteiger partial charge in [0.1, 0.15) is 5.75 Å². The van der Waals surface area contributed by atoms with E-state index in [9.17, 15) is 14.7 Å². The molecule has 1 atom stereocenters. The van der Waals surface area contributed by atoms with Gasteiger partial charge in [0.25, 0.3) is 5.91 Å². The molecule has 170 valence electrons. The third-order valence-electron chi connectivity index (χ3n) is 5.82. The van der Waals surface area contributed by atoms with E-state index >= 15 is 0 Å². The number of ketones is 1. The lowest BCUT2D eigenvalue weighted by Crippen LogP contribution is -2.32. The predicted octanol–water partition coefficient (Wildman–Crippen LogP) is 5.06. The minimum Gasteiger partial charge on any atom is -0.503 e. The molecule has 0 spiro atoms. The largest absolute Gasteiger partial charge is 0.503 e. The molecular formula is C26H32N2O4. The molecule has 0 bridgehead atoms. The molecule has 32 heavy (non-hydrogen) atoms. The first kappa shape index (κ1) is 23.4. The normalized spacial score (nSPS) is 16.5. The number of hydrogen-bond donors (Lipinski definition) is 1. The van der Waals surface area contributed by atoms with Crippen molar-refractivity contribution in [3.63, 3.8) is 0 Å². The molecule has 0 saturated carbocycles. The minimum absolute atomic E-state index is 0.125. The third-order valence-corrected chi connectivity index (χ3v) is 5.82. The number of rotatable bonds is 7. The van der Waals surface area contributed by atoms with Crippen molar-refractivity contribution in [3.05, 3.63) is 65.4 Å². The minimum atomic E-state index is -0.753. The average molecular weight is 437 g/mol. The molecule has 2 aromatic carbocycles. The summed E-state index contributed by atoms with van der Waals surface area (Å²) < 4.78 is 5.26. The van der Waals surface area contributed by atoms with Crippen LogP contribution in [0.3, 0.4) is 0 Å². The van der Waals surface area contributed by atoms with Crippen molar-refractivity contribution in [2.75, 3.05) is 30.0 Å². The van der Waals surface area contributed by atoms with Gasteiger partial charge in [0.2, 0.25) is 0 Å². The first-order valence-electron chi connectivity index (χ1n) is 10.9. The molecule has 1 aliphatic rings. The van der Waals surface area contributed by atoms with E-state index in [1.165, 1.54) is 4.90 Å². The molecule has 1 heterocycles. The molecule has 1 amide bonds. The highest BCUT2D eigenvalue weighted by Crippen LogP contribution is 2.43. The summed E-state index contributed by atoms with van der Waals surface area (Å²) in [5, 5.41) is 10.8. The molecule has 1 aliphatic heterocycles. The lowest BCUT2D eigenvalue weighted by molar-refractivity contribution is -0.123. The number of anilines is 2. The maximum atomic E-state index is 13.3. The Balaban J connectivity index is 2.11. The van der Waals surface area contributed by atoms with Gasteiger partial charge in [-0.1, -0.05) is 32.9 Å². The summed E-state index contributed by atoms with van der Waals surface area (Å²) in [6.07, 6.45) is 0. The Hall–Kier alpha value is -3.28. The SMILES string of the molecule is CCN(CC)c1ccc(N2C(=O)C(O)=C(C(=O)C(C)(C)C)C2c2ccc(OC)cc2)cc1. The molecule has 0 saturated heterocycles. The van der Waals surface area contributed by atoms with Crippen molar-refractivity contribution < 1.29 is 19.4 Å². The Kier molecular flexibility index (Phi) is 6.63. The van der Waals surface area contributed by atoms with Crippen LogP contribution in [-0.2, 0) is 9.59 Å². The van der Waals surface area contributed by atoms with Crippen molar-refractivity contribution in [3.8, 4) is 5.75 Å². The van der Waals surface area contributed by atoms with Gasteiger partial charge in [0.15, 0.2) is 11.5 Å². The van der Waals surface area contributed by atoms with E-state index in [2.05, 4.69) is 18.7 Å². The van der Waals surface area contributed by atoms with Crippen LogP contribution in [0.4, 0.5) is 11.4 Å². The fourth-order valence-electron chi connectivity index (χ4n) is 4.02. The molecule has 0 aromatic heterocycles.